The van der Waals surface area contributed by atoms with Gasteiger partial charge in [0.2, 0.25) is 0 Å². The molecular formula is C14H33ClNNa3O16. The molecule has 0 saturated heterocycles. The number of nitrogens with two attached hydrogens (primary N) is 1. The Morgan fingerprint density at radius 1 is 0.629 bits per heavy atom. The van der Waals surface area contributed by atoms with E-state index in [2.05, 4.69) is 0 Å². The van der Waals surface area contributed by atoms with Crippen molar-refractivity contribution in [2.24, 2.45) is 5.73 Å². The van der Waals surface area contributed by atoms with Gasteiger partial charge in [-0.2, -0.15) is 0 Å². The Hall–Kier alpha value is 0.360. The van der Waals surface area contributed by atoms with Crippen molar-refractivity contribution in [2.75, 3.05) is 19.8 Å². The van der Waals surface area contributed by atoms with Gasteiger partial charge in [-0.1, -0.05) is 0 Å². The molecule has 0 aliphatic rings. The summed E-state index contributed by atoms with van der Waals surface area (Å²) in [6.07, 6.45) is -2.88. The van der Waals surface area contributed by atoms with E-state index >= 15 is 0 Å². The second kappa shape index (κ2) is 32.4. The Kier molecular flexibility index (Phi) is 55.6. The van der Waals surface area contributed by atoms with Crippen molar-refractivity contribution in [1.29, 1.82) is 0 Å². The number of carboxylic acid groups (broad SMARTS) is 5. The van der Waals surface area contributed by atoms with Gasteiger partial charge in [0.1, 0.15) is 0 Å². The number of carboxylic acids is 5. The van der Waals surface area contributed by atoms with Crippen LogP contribution in [0.5, 0.6) is 0 Å². The quantitative estimate of drug-likeness (QED) is 0.102. The van der Waals surface area contributed by atoms with Crippen molar-refractivity contribution in [2.45, 2.75) is 36.8 Å². The summed E-state index contributed by atoms with van der Waals surface area (Å²) < 4.78 is 0. The number of halogens is 1. The largest absolute Gasteiger partial charge is 1.00 e. The van der Waals surface area contributed by atoms with Gasteiger partial charge < -0.3 is 66.9 Å². The number of hydrogen-bond acceptors (Lipinski definition) is 10. The molecule has 0 bridgehead atoms. The topological polar surface area (TPSA) is 356 Å². The summed E-state index contributed by atoms with van der Waals surface area (Å²) >= 11 is 0. The fourth-order valence-electron chi connectivity index (χ4n) is 1.08. The molecular weight excluding hydrogens is 543 g/mol. The van der Waals surface area contributed by atoms with Crippen LogP contribution >= 0.6 is 12.4 Å². The van der Waals surface area contributed by atoms with Gasteiger partial charge in [-0.05, 0) is 0 Å². The first-order valence-corrected chi connectivity index (χ1v) is 7.53. The molecule has 0 aromatic carbocycles. The van der Waals surface area contributed by atoms with Gasteiger partial charge in [-0.25, -0.2) is 4.79 Å². The molecule has 15 N–H and O–H groups in total. The zero-order chi connectivity index (χ0) is 23.8. The Balaban J connectivity index is -0.0000000246. The number of hydrogen-bond donors (Lipinski definition) is 10. The first-order chi connectivity index (χ1) is 13.1. The molecule has 21 heteroatoms. The molecule has 0 saturated carbocycles. The average molecular weight is 576 g/mol. The summed E-state index contributed by atoms with van der Waals surface area (Å²) in [6, 6.07) is 0. The Bertz CT molecular complexity index is 557. The maximum absolute atomic E-state index is 10.3. The number of aliphatic hydroxyl groups is 4. The van der Waals surface area contributed by atoms with Crippen molar-refractivity contribution < 1.29 is 174 Å². The zero-order valence-electron chi connectivity index (χ0n) is 22.5. The van der Waals surface area contributed by atoms with Crippen LogP contribution in [0.25, 0.3) is 0 Å². The standard InChI is InChI=1S/C6H8O7.C4H11NO3.C4H6O4.ClH.3Na.2H2O.3H/c7-3(8)1-6(13,5(11)12)2-4(9)10;5-4(1-6,2-7)3-8;5-3(6)1-2-4(7)8;;;;;;;;;/h13H,1-2H2,(H,7,8)(H,9,10)(H,11,12);6-8H,1-3,5H2;1-2H2,(H,5,6)(H,7,8);1H;;;;2*1H2;;;/q;;;;3*+1;;;3*-1. The molecule has 0 radical (unpaired) electrons. The van der Waals surface area contributed by atoms with Gasteiger partial charge in [0.25, 0.3) is 0 Å². The Morgan fingerprint density at radius 2 is 0.857 bits per heavy atom. The minimum absolute atomic E-state index is 0. The predicted molar refractivity (Wildman–Crippen MR) is 108 cm³/mol. The molecule has 0 heterocycles. The van der Waals surface area contributed by atoms with Gasteiger partial charge in [0.05, 0.1) is 51.0 Å². The SMILES string of the molecule is Cl.NC(CO)(CO)CO.O.O.O=C(O)CC(O)(CC(=O)O)C(=O)O.O=C(O)CCC(=O)O.[H-].[H-].[H-].[Na+].[Na+].[Na+]. The van der Waals surface area contributed by atoms with E-state index in [0.29, 0.717) is 0 Å². The molecule has 17 nitrogen and oxygen atoms in total. The summed E-state index contributed by atoms with van der Waals surface area (Å²) in [6.45, 7) is -1.21. The Morgan fingerprint density at radius 3 is 0.943 bits per heavy atom. The third-order valence-electron chi connectivity index (χ3n) is 2.78. The van der Waals surface area contributed by atoms with E-state index < -0.39 is 73.6 Å². The van der Waals surface area contributed by atoms with Crippen LogP contribution in [-0.2, 0) is 24.0 Å². The van der Waals surface area contributed by atoms with Crippen LogP contribution in [0.1, 0.15) is 30.0 Å². The number of aliphatic carboxylic acids is 5. The van der Waals surface area contributed by atoms with E-state index in [9.17, 15) is 24.0 Å². The molecule has 0 rings (SSSR count). The van der Waals surface area contributed by atoms with Crippen molar-refractivity contribution in [3.63, 3.8) is 0 Å². The van der Waals surface area contributed by atoms with E-state index in [1.54, 1.807) is 0 Å². The molecule has 0 aromatic heterocycles. The average Bonchev–Trinajstić information content (AvgIpc) is 2.59. The normalized spacial score (nSPS) is 8.71. The first-order valence-electron chi connectivity index (χ1n) is 7.53. The van der Waals surface area contributed by atoms with Gasteiger partial charge in [0.15, 0.2) is 5.60 Å². The van der Waals surface area contributed by atoms with Crippen molar-refractivity contribution in [1.82, 2.24) is 0 Å². The van der Waals surface area contributed by atoms with Crippen LogP contribution in [0.3, 0.4) is 0 Å². The van der Waals surface area contributed by atoms with Gasteiger partial charge in [-0.15, -0.1) is 12.4 Å². The molecule has 0 atom stereocenters. The van der Waals surface area contributed by atoms with Crippen LogP contribution in [-0.4, -0.2) is 118 Å². The van der Waals surface area contributed by atoms with Crippen LogP contribution in [0, 0.1) is 0 Å². The smallest absolute Gasteiger partial charge is 1.00 e. The summed E-state index contributed by atoms with van der Waals surface area (Å²) in [4.78, 5) is 49.8. The second-order valence-corrected chi connectivity index (χ2v) is 5.60. The molecule has 0 spiro atoms. The Labute approximate surface area is 276 Å². The fourth-order valence-corrected chi connectivity index (χ4v) is 1.08. The van der Waals surface area contributed by atoms with Crippen molar-refractivity contribution >= 4 is 42.3 Å². The minimum Gasteiger partial charge on any atom is -1.00 e. The third kappa shape index (κ3) is 39.0. The zero-order valence-corrected chi connectivity index (χ0v) is 26.3. The maximum atomic E-state index is 10.3. The number of rotatable bonds is 11. The molecule has 0 unspecified atom stereocenters. The third-order valence-corrected chi connectivity index (χ3v) is 2.78. The van der Waals surface area contributed by atoms with E-state index in [1.165, 1.54) is 0 Å². The van der Waals surface area contributed by atoms with E-state index in [1.807, 2.05) is 0 Å². The van der Waals surface area contributed by atoms with E-state index in [0.717, 1.165) is 0 Å². The van der Waals surface area contributed by atoms with Gasteiger partial charge in [-0.3, -0.25) is 19.2 Å². The van der Waals surface area contributed by atoms with E-state index in [4.69, 9.17) is 51.7 Å². The van der Waals surface area contributed by atoms with Gasteiger partial charge in [0, 0.05) is 0 Å². The fraction of sp³-hybridized carbons (Fsp3) is 0.643. The molecule has 0 aliphatic carbocycles. The molecule has 0 amide bonds. The van der Waals surface area contributed by atoms with Crippen molar-refractivity contribution in [3.8, 4) is 0 Å². The minimum atomic E-state index is -2.74. The number of aliphatic hydroxyl groups excluding tert-OH is 3. The predicted octanol–water partition coefficient (Wildman–Crippen LogP) is -13.5. The summed E-state index contributed by atoms with van der Waals surface area (Å²) in [7, 11) is 0. The summed E-state index contributed by atoms with van der Waals surface area (Å²) in [5.41, 5.74) is 1.20. The summed E-state index contributed by atoms with van der Waals surface area (Å²) in [5.74, 6) is -7.17. The molecule has 0 aliphatic heterocycles. The number of carbonyl (C=O) groups is 5. The van der Waals surface area contributed by atoms with Crippen LogP contribution in [0.2, 0.25) is 0 Å². The maximum Gasteiger partial charge on any atom is 1.00 e. The van der Waals surface area contributed by atoms with Gasteiger partial charge >= 0.3 is 119 Å². The van der Waals surface area contributed by atoms with Crippen LogP contribution in [0.4, 0.5) is 0 Å². The first kappa shape index (κ1) is 60.1. The van der Waals surface area contributed by atoms with Crippen molar-refractivity contribution in [3.05, 3.63) is 0 Å². The molecule has 200 valence electrons. The van der Waals surface area contributed by atoms with Crippen LogP contribution in [0.15, 0.2) is 0 Å². The molecule has 0 aromatic rings. The summed E-state index contributed by atoms with van der Waals surface area (Å²) in [5, 5.41) is 74.6. The molecule has 35 heavy (non-hydrogen) atoms. The molecule has 0 fully saturated rings. The monoisotopic (exact) mass is 575 g/mol. The second-order valence-electron chi connectivity index (χ2n) is 5.60. The van der Waals surface area contributed by atoms with Crippen LogP contribution < -0.4 is 94.4 Å². The van der Waals surface area contributed by atoms with E-state index in [-0.39, 0.29) is 129 Å².